The number of carbonyl (C=O) groups excluding carboxylic acids is 1. The Balaban J connectivity index is 1.31. The molecule has 2 heterocycles. The van der Waals surface area contributed by atoms with Crippen molar-refractivity contribution in [2.45, 2.75) is 39.2 Å². The van der Waals surface area contributed by atoms with Crippen LogP contribution >= 0.6 is 0 Å². The van der Waals surface area contributed by atoms with E-state index in [0.717, 1.165) is 60.2 Å². The van der Waals surface area contributed by atoms with E-state index in [2.05, 4.69) is 23.8 Å². The molecule has 5 nitrogen and oxygen atoms in total. The first kappa shape index (κ1) is 18.6. The van der Waals surface area contributed by atoms with Crippen LogP contribution in [-0.4, -0.2) is 53.8 Å². The lowest BCUT2D eigenvalue weighted by molar-refractivity contribution is 0.0977. The first-order valence-corrected chi connectivity index (χ1v) is 10.3. The number of ether oxygens (including phenoxy) is 1. The number of hydrogen-bond acceptors (Lipinski definition) is 4. The summed E-state index contributed by atoms with van der Waals surface area (Å²) in [5, 5.41) is 5.72. The maximum absolute atomic E-state index is 12.9. The van der Waals surface area contributed by atoms with Gasteiger partial charge in [-0.2, -0.15) is 5.10 Å². The summed E-state index contributed by atoms with van der Waals surface area (Å²) in [4.78, 5) is 15.4. The quantitative estimate of drug-likeness (QED) is 0.498. The fourth-order valence-corrected chi connectivity index (χ4v) is 4.77. The molecule has 2 unspecified atom stereocenters. The molecule has 0 radical (unpaired) electrons. The van der Waals surface area contributed by atoms with Crippen molar-refractivity contribution in [1.29, 1.82) is 0 Å². The Hall–Kier alpha value is -1.72. The SMILES string of the molecule is COCCCN1CC2C(CCC(=O)c3cccc4cn(C(C)C)nc34)C2C1. The molecule has 2 aliphatic rings. The Kier molecular flexibility index (Phi) is 5.33. The van der Waals surface area contributed by atoms with Crippen LogP contribution in [0.15, 0.2) is 24.4 Å². The summed E-state index contributed by atoms with van der Waals surface area (Å²) in [6.45, 7) is 8.63. The summed E-state index contributed by atoms with van der Waals surface area (Å²) in [7, 11) is 1.77. The molecule has 27 heavy (non-hydrogen) atoms. The van der Waals surface area contributed by atoms with Gasteiger partial charge in [-0.1, -0.05) is 12.1 Å². The van der Waals surface area contributed by atoms with Gasteiger partial charge in [0.1, 0.15) is 5.52 Å². The number of carbonyl (C=O) groups is 1. The van der Waals surface area contributed by atoms with Crippen molar-refractivity contribution in [3.8, 4) is 0 Å². The molecule has 2 aromatic rings. The number of Topliss-reactive ketones (excluding diaryl/α,β-unsaturated/α-hetero) is 1. The fraction of sp³-hybridized carbons (Fsp3) is 0.636. The third-order valence-corrected chi connectivity index (χ3v) is 6.36. The highest BCUT2D eigenvalue weighted by Crippen LogP contribution is 2.54. The van der Waals surface area contributed by atoms with Crippen molar-refractivity contribution >= 4 is 16.7 Å². The van der Waals surface area contributed by atoms with Crippen molar-refractivity contribution in [1.82, 2.24) is 14.7 Å². The Morgan fingerprint density at radius 1 is 1.30 bits per heavy atom. The molecule has 146 valence electrons. The standard InChI is InChI=1S/C22H31N3O2/c1-15(2)25-12-16-6-4-7-18(22(16)23-25)21(26)9-8-17-19-13-24(14-20(17)19)10-5-11-27-3/h4,6-7,12,15,17,19-20H,5,8-11,13-14H2,1-3H3. The van der Waals surface area contributed by atoms with Gasteiger partial charge in [-0.05, 0) is 50.5 Å². The molecule has 1 aliphatic heterocycles. The monoisotopic (exact) mass is 369 g/mol. The topological polar surface area (TPSA) is 47.4 Å². The maximum atomic E-state index is 12.9. The van der Waals surface area contributed by atoms with E-state index in [0.29, 0.717) is 12.5 Å². The second kappa shape index (κ2) is 7.72. The molecule has 2 atom stereocenters. The van der Waals surface area contributed by atoms with Crippen LogP contribution in [0.25, 0.3) is 10.9 Å². The summed E-state index contributed by atoms with van der Waals surface area (Å²) in [5.41, 5.74) is 1.65. The zero-order valence-electron chi connectivity index (χ0n) is 16.7. The van der Waals surface area contributed by atoms with E-state index in [1.165, 1.54) is 13.1 Å². The molecule has 4 rings (SSSR count). The highest BCUT2D eigenvalue weighted by Gasteiger charge is 2.54. The summed E-state index contributed by atoms with van der Waals surface area (Å²) >= 11 is 0. The molecule has 0 bridgehead atoms. The molecule has 1 saturated heterocycles. The Bertz CT molecular complexity index is 801. The number of ketones is 1. The van der Waals surface area contributed by atoms with Crippen LogP contribution in [0.2, 0.25) is 0 Å². The van der Waals surface area contributed by atoms with Crippen LogP contribution in [0.3, 0.4) is 0 Å². The van der Waals surface area contributed by atoms with Crippen molar-refractivity contribution in [3.05, 3.63) is 30.0 Å². The molecule has 5 heteroatoms. The second-order valence-electron chi connectivity index (χ2n) is 8.51. The lowest BCUT2D eigenvalue weighted by atomic mass is 10.0. The molecular weight excluding hydrogens is 338 g/mol. The number of benzene rings is 1. The van der Waals surface area contributed by atoms with Gasteiger partial charge in [0.15, 0.2) is 5.78 Å². The second-order valence-corrected chi connectivity index (χ2v) is 8.51. The summed E-state index contributed by atoms with van der Waals surface area (Å²) in [6.07, 6.45) is 4.84. The molecule has 0 spiro atoms. The van der Waals surface area contributed by atoms with E-state index in [-0.39, 0.29) is 5.78 Å². The number of nitrogens with zero attached hydrogens (tertiary/aromatic N) is 3. The van der Waals surface area contributed by atoms with Gasteiger partial charge in [-0.25, -0.2) is 0 Å². The Morgan fingerprint density at radius 2 is 2.07 bits per heavy atom. The molecule has 1 saturated carbocycles. The fourth-order valence-electron chi connectivity index (χ4n) is 4.77. The first-order valence-electron chi connectivity index (χ1n) is 10.3. The average molecular weight is 370 g/mol. The number of fused-ring (bicyclic) bond motifs is 2. The number of likely N-dealkylation sites (tertiary alicyclic amines) is 1. The lowest BCUT2D eigenvalue weighted by Gasteiger charge is -2.18. The van der Waals surface area contributed by atoms with Crippen molar-refractivity contribution < 1.29 is 9.53 Å². The largest absolute Gasteiger partial charge is 0.385 e. The van der Waals surface area contributed by atoms with Gasteiger partial charge in [0.25, 0.3) is 0 Å². The molecule has 0 amide bonds. The third kappa shape index (κ3) is 3.81. The van der Waals surface area contributed by atoms with Gasteiger partial charge in [-0.15, -0.1) is 0 Å². The average Bonchev–Trinajstić information content (AvgIpc) is 3.03. The summed E-state index contributed by atoms with van der Waals surface area (Å²) in [5.74, 6) is 2.63. The van der Waals surface area contributed by atoms with Crippen molar-refractivity contribution in [2.75, 3.05) is 33.4 Å². The van der Waals surface area contributed by atoms with E-state index >= 15 is 0 Å². The van der Waals surface area contributed by atoms with Crippen LogP contribution in [0.1, 0.15) is 49.5 Å². The highest BCUT2D eigenvalue weighted by molar-refractivity contribution is 6.06. The number of piperidine rings is 1. The van der Waals surface area contributed by atoms with E-state index in [1.54, 1.807) is 7.11 Å². The third-order valence-electron chi connectivity index (χ3n) is 6.36. The minimum absolute atomic E-state index is 0.247. The van der Waals surface area contributed by atoms with E-state index in [9.17, 15) is 4.79 Å². The molecule has 1 aromatic carbocycles. The van der Waals surface area contributed by atoms with Crippen molar-refractivity contribution in [2.24, 2.45) is 17.8 Å². The Morgan fingerprint density at radius 3 is 2.78 bits per heavy atom. The molecule has 1 aliphatic carbocycles. The zero-order chi connectivity index (χ0) is 19.0. The van der Waals surface area contributed by atoms with E-state index in [1.807, 2.05) is 29.1 Å². The van der Waals surface area contributed by atoms with Crippen molar-refractivity contribution in [3.63, 3.8) is 0 Å². The number of aromatic nitrogens is 2. The van der Waals surface area contributed by atoms with Gasteiger partial charge in [0.05, 0.1) is 0 Å². The summed E-state index contributed by atoms with van der Waals surface area (Å²) < 4.78 is 7.09. The van der Waals surface area contributed by atoms with Crippen LogP contribution < -0.4 is 0 Å². The van der Waals surface area contributed by atoms with Crippen LogP contribution in [0, 0.1) is 17.8 Å². The number of hydrogen-bond donors (Lipinski definition) is 0. The van der Waals surface area contributed by atoms with Crippen LogP contribution in [0.4, 0.5) is 0 Å². The lowest BCUT2D eigenvalue weighted by Crippen LogP contribution is -2.26. The predicted octanol–water partition coefficient (Wildman–Crippen LogP) is 3.79. The predicted molar refractivity (Wildman–Crippen MR) is 107 cm³/mol. The Labute approximate surface area is 161 Å². The highest BCUT2D eigenvalue weighted by atomic mass is 16.5. The van der Waals surface area contributed by atoms with Gasteiger partial charge >= 0.3 is 0 Å². The van der Waals surface area contributed by atoms with E-state index < -0.39 is 0 Å². The molecular formula is C22H31N3O2. The van der Waals surface area contributed by atoms with Gasteiger partial charge in [0, 0.05) is 63.0 Å². The minimum atomic E-state index is 0.247. The summed E-state index contributed by atoms with van der Waals surface area (Å²) in [6, 6.07) is 6.26. The normalized spacial score (nSPS) is 24.7. The van der Waals surface area contributed by atoms with Crippen LogP contribution in [-0.2, 0) is 4.74 Å². The molecule has 2 fully saturated rings. The molecule has 0 N–H and O–H groups in total. The first-order chi connectivity index (χ1) is 13.1. The smallest absolute Gasteiger partial charge is 0.165 e. The molecule has 1 aromatic heterocycles. The number of rotatable bonds is 9. The van der Waals surface area contributed by atoms with Gasteiger partial charge in [-0.3, -0.25) is 9.48 Å². The van der Waals surface area contributed by atoms with Gasteiger partial charge in [0.2, 0.25) is 0 Å². The van der Waals surface area contributed by atoms with Crippen LogP contribution in [0.5, 0.6) is 0 Å². The van der Waals surface area contributed by atoms with E-state index in [4.69, 9.17) is 4.74 Å². The minimum Gasteiger partial charge on any atom is -0.385 e. The van der Waals surface area contributed by atoms with Gasteiger partial charge < -0.3 is 9.64 Å². The maximum Gasteiger partial charge on any atom is 0.165 e. The zero-order valence-corrected chi connectivity index (χ0v) is 16.7. The number of methoxy groups -OCH3 is 1.